The fourth-order valence-corrected chi connectivity index (χ4v) is 17.6. The minimum Gasteiger partial charge on any atom is -0.309 e. The number of para-hydroxylation sites is 2. The smallest absolute Gasteiger partial charge is 0.273 e. The van der Waals surface area contributed by atoms with Crippen molar-refractivity contribution in [3.05, 3.63) is 97.4 Å². The third-order valence-electron chi connectivity index (χ3n) is 16.4. The first-order valence-electron chi connectivity index (χ1n) is 22.7. The van der Waals surface area contributed by atoms with E-state index in [-0.39, 0.29) is 39.2 Å². The lowest BCUT2D eigenvalue weighted by molar-refractivity contribution is 0.338. The van der Waals surface area contributed by atoms with Gasteiger partial charge in [-0.25, -0.2) is 0 Å². The van der Waals surface area contributed by atoms with E-state index in [0.29, 0.717) is 0 Å². The van der Waals surface area contributed by atoms with Crippen molar-refractivity contribution in [3.8, 4) is 16.8 Å². The third kappa shape index (κ3) is 4.77. The topological polar surface area (TPSA) is 8.17 Å². The van der Waals surface area contributed by atoms with Crippen molar-refractivity contribution in [2.45, 2.75) is 154 Å². The summed E-state index contributed by atoms with van der Waals surface area (Å²) in [6.07, 6.45) is 7.31. The van der Waals surface area contributed by atoms with Gasteiger partial charge in [0.05, 0.1) is 22.4 Å². The summed E-state index contributed by atoms with van der Waals surface area (Å²) in [5, 5.41) is 5.23. The highest BCUT2D eigenvalue weighted by molar-refractivity contribution is 7.37. The number of rotatable bonds is 2. The molecule has 3 aliphatic carbocycles. The van der Waals surface area contributed by atoms with Gasteiger partial charge in [0.1, 0.15) is 0 Å². The SMILES string of the molecule is CC1(C)CCC(C)(C)c2c(N3c4cc(-n5c6ccccc6c6ccccc65)cc5c4B(c4sc6c(c4-5)C(C)(C)CCC6(C)C)c4sc5c(c43)C(C)(C)CCC5(C)C)csc21. The van der Waals surface area contributed by atoms with Crippen LogP contribution in [0.25, 0.3) is 38.6 Å². The van der Waals surface area contributed by atoms with Crippen LogP contribution in [-0.2, 0) is 32.5 Å². The van der Waals surface area contributed by atoms with Gasteiger partial charge in [-0.3, -0.25) is 0 Å². The molecule has 0 amide bonds. The lowest BCUT2D eigenvalue weighted by atomic mass is 9.42. The maximum absolute atomic E-state index is 2.89. The highest BCUT2D eigenvalue weighted by atomic mass is 32.1. The quantitative estimate of drug-likeness (QED) is 0.157. The van der Waals surface area contributed by atoms with Gasteiger partial charge in [0.15, 0.2) is 0 Å². The van der Waals surface area contributed by atoms with Crippen molar-refractivity contribution in [1.29, 1.82) is 0 Å². The fraction of sp³-hybridized carbons (Fsp3) is 0.444. The number of nitrogens with zero attached hydrogens (tertiary/aromatic N) is 2. The minimum absolute atomic E-state index is 0.0585. The van der Waals surface area contributed by atoms with Crippen LogP contribution in [-0.4, -0.2) is 11.3 Å². The second kappa shape index (κ2) is 11.7. The molecule has 5 aliphatic rings. The van der Waals surface area contributed by atoms with Crippen molar-refractivity contribution >= 4 is 94.6 Å². The Labute approximate surface area is 370 Å². The number of hydrogen-bond acceptors (Lipinski definition) is 4. The second-order valence-corrected chi connectivity index (χ2v) is 26.2. The Hall–Kier alpha value is -3.58. The van der Waals surface area contributed by atoms with Gasteiger partial charge in [0, 0.05) is 46.9 Å². The minimum atomic E-state index is 0.0585. The van der Waals surface area contributed by atoms with Gasteiger partial charge in [-0.15, -0.1) is 11.3 Å². The molecule has 2 aliphatic heterocycles. The van der Waals surface area contributed by atoms with Crippen molar-refractivity contribution in [2.75, 3.05) is 4.90 Å². The van der Waals surface area contributed by atoms with Gasteiger partial charge in [-0.05, 0) is 133 Å². The van der Waals surface area contributed by atoms with Gasteiger partial charge in [0.2, 0.25) is 0 Å². The van der Waals surface area contributed by atoms with Crippen LogP contribution in [0.4, 0.5) is 17.1 Å². The number of fused-ring (bicyclic) bond motifs is 13. The molecule has 0 saturated carbocycles. The molecule has 0 fully saturated rings. The van der Waals surface area contributed by atoms with E-state index < -0.39 is 0 Å². The lowest BCUT2D eigenvalue weighted by Gasteiger charge is -2.45. The summed E-state index contributed by atoms with van der Waals surface area (Å²) in [7, 11) is 0. The summed E-state index contributed by atoms with van der Waals surface area (Å²) in [4.78, 5) is 7.75. The predicted octanol–water partition coefficient (Wildman–Crippen LogP) is 14.3. The van der Waals surface area contributed by atoms with Gasteiger partial charge in [-0.1, -0.05) is 119 Å². The molecule has 12 rings (SSSR count). The maximum Gasteiger partial charge on any atom is 0.273 e. The Morgan fingerprint density at radius 2 is 1.02 bits per heavy atom. The second-order valence-electron chi connectivity index (χ2n) is 23.3. The molecule has 0 spiro atoms. The zero-order chi connectivity index (χ0) is 41.8. The first kappa shape index (κ1) is 38.1. The summed E-state index contributed by atoms with van der Waals surface area (Å²) < 4.78 is 5.81. The van der Waals surface area contributed by atoms with Gasteiger partial charge in [0.25, 0.3) is 6.71 Å². The molecular weight excluding hydrogens is 784 g/mol. The normalized spacial score (nSPS) is 21.7. The molecule has 4 aromatic heterocycles. The Bertz CT molecular complexity index is 2970. The molecule has 3 aromatic carbocycles. The van der Waals surface area contributed by atoms with Crippen LogP contribution >= 0.6 is 34.0 Å². The van der Waals surface area contributed by atoms with Gasteiger partial charge in [-0.2, -0.15) is 22.7 Å². The van der Waals surface area contributed by atoms with Crippen molar-refractivity contribution < 1.29 is 0 Å². The molecule has 306 valence electrons. The maximum atomic E-state index is 2.89. The average Bonchev–Trinajstić information content (AvgIpc) is 4.01. The molecular formula is C54H59BN2S3. The number of thiophene rings is 3. The van der Waals surface area contributed by atoms with Crippen molar-refractivity contribution in [1.82, 2.24) is 4.57 Å². The van der Waals surface area contributed by atoms with E-state index in [2.05, 4.69) is 181 Å². The Balaban J connectivity index is 1.28. The summed E-state index contributed by atoms with van der Waals surface area (Å²) in [6, 6.07) is 23.5. The molecule has 7 aromatic rings. The van der Waals surface area contributed by atoms with E-state index in [0.717, 1.165) is 0 Å². The summed E-state index contributed by atoms with van der Waals surface area (Å²) in [6.45, 7) is 30.7. The first-order valence-corrected chi connectivity index (χ1v) is 25.2. The molecule has 0 bridgehead atoms. The molecule has 0 radical (unpaired) electrons. The molecule has 6 heterocycles. The molecule has 0 atom stereocenters. The number of aromatic nitrogens is 1. The Kier molecular flexibility index (Phi) is 7.44. The fourth-order valence-electron chi connectivity index (χ4n) is 12.7. The zero-order valence-corrected chi connectivity index (χ0v) is 40.2. The molecule has 60 heavy (non-hydrogen) atoms. The number of hydrogen-bond donors (Lipinski definition) is 0. The average molecular weight is 843 g/mol. The predicted molar refractivity (Wildman–Crippen MR) is 265 cm³/mol. The van der Waals surface area contributed by atoms with E-state index in [1.165, 1.54) is 88.6 Å². The van der Waals surface area contributed by atoms with E-state index in [4.69, 9.17) is 0 Å². The van der Waals surface area contributed by atoms with Crippen LogP contribution in [0.5, 0.6) is 0 Å². The standard InChI is InChI=1S/C54H59BN2S3/c1-49(2)21-24-52(7,8)44-39(49)37(29-58-44)57-36-28-30(56-34-19-15-13-17-31(34)32-18-14-16-20-35(32)56)27-33-38-40-45(53(9,10)25-22-50(40,3)4)59-47(38)55(42(33)36)48-43(57)41-46(60-48)54(11,12)26-23-51(41,5)6/h13-20,27-29H,21-26H2,1-12H3. The molecule has 0 unspecified atom stereocenters. The van der Waals surface area contributed by atoms with Crippen molar-refractivity contribution in [2.24, 2.45) is 0 Å². The van der Waals surface area contributed by atoms with E-state index in [9.17, 15) is 0 Å². The van der Waals surface area contributed by atoms with Crippen LogP contribution in [0.15, 0.2) is 66.0 Å². The monoisotopic (exact) mass is 842 g/mol. The largest absolute Gasteiger partial charge is 0.309 e. The Morgan fingerprint density at radius 3 is 1.63 bits per heavy atom. The van der Waals surface area contributed by atoms with Crippen LogP contribution in [0.2, 0.25) is 0 Å². The van der Waals surface area contributed by atoms with Gasteiger partial charge < -0.3 is 9.47 Å². The van der Waals surface area contributed by atoms with E-state index in [1.54, 1.807) is 51.9 Å². The molecule has 2 nitrogen and oxygen atoms in total. The highest BCUT2D eigenvalue weighted by Crippen LogP contribution is 2.61. The van der Waals surface area contributed by atoms with Crippen LogP contribution < -0.4 is 19.9 Å². The summed E-state index contributed by atoms with van der Waals surface area (Å²) in [5.41, 5.74) is 18.3. The molecule has 6 heteroatoms. The first-order chi connectivity index (χ1) is 28.2. The van der Waals surface area contributed by atoms with Crippen LogP contribution in [0.3, 0.4) is 0 Å². The highest BCUT2D eigenvalue weighted by Gasteiger charge is 2.55. The summed E-state index contributed by atoms with van der Waals surface area (Å²) in [5.74, 6) is 0. The zero-order valence-electron chi connectivity index (χ0n) is 37.8. The molecule has 0 N–H and O–H groups in total. The van der Waals surface area contributed by atoms with Crippen LogP contribution in [0.1, 0.15) is 153 Å². The van der Waals surface area contributed by atoms with Crippen molar-refractivity contribution in [3.63, 3.8) is 0 Å². The van der Waals surface area contributed by atoms with E-state index >= 15 is 0 Å². The Morgan fingerprint density at radius 1 is 0.517 bits per heavy atom. The number of benzene rings is 3. The number of anilines is 3. The van der Waals surface area contributed by atoms with Crippen LogP contribution in [0, 0.1) is 0 Å². The third-order valence-corrected chi connectivity index (χ3v) is 20.9. The van der Waals surface area contributed by atoms with Gasteiger partial charge >= 0.3 is 0 Å². The lowest BCUT2D eigenvalue weighted by Crippen LogP contribution is -2.53. The van der Waals surface area contributed by atoms with E-state index in [1.807, 2.05) is 11.3 Å². The summed E-state index contributed by atoms with van der Waals surface area (Å²) >= 11 is 6.42. The molecule has 0 saturated heterocycles.